The second-order valence-corrected chi connectivity index (χ2v) is 12.5. The first-order chi connectivity index (χ1) is 24.3. The van der Waals surface area contributed by atoms with Gasteiger partial charge in [0.15, 0.2) is 11.7 Å². The van der Waals surface area contributed by atoms with Crippen LogP contribution >= 0.6 is 0 Å². The summed E-state index contributed by atoms with van der Waals surface area (Å²) in [5.74, 6) is -6.31. The van der Waals surface area contributed by atoms with Crippen molar-refractivity contribution in [2.24, 2.45) is 22.4 Å². The number of carbonyl (C=O) groups is 8. The molecule has 20 heteroatoms. The number of ketones is 1. The van der Waals surface area contributed by atoms with Gasteiger partial charge in [0, 0.05) is 19.0 Å². The number of carboxylic acids is 1. The van der Waals surface area contributed by atoms with E-state index in [0.29, 0.717) is 44.8 Å². The highest BCUT2D eigenvalue weighted by atomic mass is 16.4. The van der Waals surface area contributed by atoms with E-state index in [2.05, 4.69) is 36.9 Å². The van der Waals surface area contributed by atoms with E-state index >= 15 is 0 Å². The SMILES string of the molecule is CC1CCCCC(NCC=O)NCC(=O)N[C@@H](CCCN=C(N)N)C(=O)NCC(=O)N[C@@H](CC(=O)O)C(=O)N[C@@H](CO)C(=O)N2CCC[C@H]2C1=O. The summed E-state index contributed by atoms with van der Waals surface area (Å²) in [4.78, 5) is 107. The molecule has 2 aliphatic rings. The Hall–Kier alpha value is -4.69. The number of fused-ring (bicyclic) bond motifs is 1. The molecule has 0 spiro atoms. The number of nitrogens with two attached hydrogens (primary N) is 2. The van der Waals surface area contributed by atoms with Crippen molar-refractivity contribution in [1.82, 2.24) is 36.8 Å². The second-order valence-electron chi connectivity index (χ2n) is 12.5. The van der Waals surface area contributed by atoms with Crippen LogP contribution in [0.3, 0.4) is 0 Å². The maximum absolute atomic E-state index is 13.5. The molecule has 6 atom stereocenters. The third-order valence-corrected chi connectivity index (χ3v) is 8.53. The molecule has 0 radical (unpaired) electrons. The first kappa shape index (κ1) is 42.5. The first-order valence-corrected chi connectivity index (χ1v) is 17.1. The number of aldehydes is 1. The molecule has 20 nitrogen and oxygen atoms in total. The Morgan fingerprint density at radius 3 is 2.29 bits per heavy atom. The lowest BCUT2D eigenvalue weighted by Gasteiger charge is -2.30. The maximum Gasteiger partial charge on any atom is 0.305 e. The van der Waals surface area contributed by atoms with Crippen LogP contribution in [0.5, 0.6) is 0 Å². The second kappa shape index (κ2) is 22.2. The lowest BCUT2D eigenvalue weighted by atomic mass is 9.92. The average molecular weight is 725 g/mol. The number of carboxylic acid groups (broad SMARTS) is 1. The smallest absolute Gasteiger partial charge is 0.305 e. The summed E-state index contributed by atoms with van der Waals surface area (Å²) >= 11 is 0. The fourth-order valence-electron chi connectivity index (χ4n) is 5.87. The van der Waals surface area contributed by atoms with E-state index in [0.717, 1.165) is 0 Å². The van der Waals surface area contributed by atoms with Gasteiger partial charge in [-0.2, -0.15) is 0 Å². The lowest BCUT2D eigenvalue weighted by molar-refractivity contribution is -0.144. The molecule has 286 valence electrons. The first-order valence-electron chi connectivity index (χ1n) is 17.1. The van der Waals surface area contributed by atoms with Gasteiger partial charge in [-0.15, -0.1) is 0 Å². The summed E-state index contributed by atoms with van der Waals surface area (Å²) in [6, 6.07) is -5.14. The number of aliphatic hydroxyl groups excluding tert-OH is 1. The minimum atomic E-state index is -1.70. The zero-order chi connectivity index (χ0) is 37.9. The molecular weight excluding hydrogens is 672 g/mol. The molecule has 2 fully saturated rings. The molecule has 0 saturated carbocycles. The van der Waals surface area contributed by atoms with Gasteiger partial charge in [0.05, 0.1) is 44.9 Å². The fourth-order valence-corrected chi connectivity index (χ4v) is 5.87. The molecule has 2 saturated heterocycles. The van der Waals surface area contributed by atoms with Gasteiger partial charge in [-0.3, -0.25) is 49.2 Å². The Labute approximate surface area is 295 Å². The largest absolute Gasteiger partial charge is 0.481 e. The van der Waals surface area contributed by atoms with E-state index in [1.165, 1.54) is 4.90 Å². The molecule has 0 bridgehead atoms. The van der Waals surface area contributed by atoms with Gasteiger partial charge in [0.2, 0.25) is 29.5 Å². The number of rotatable bonds is 10. The molecule has 0 aromatic heterocycles. The number of aliphatic carboxylic acids is 1. The van der Waals surface area contributed by atoms with Gasteiger partial charge in [0.25, 0.3) is 0 Å². The molecule has 2 rings (SSSR count). The van der Waals surface area contributed by atoms with Crippen LogP contribution in [0.25, 0.3) is 0 Å². The van der Waals surface area contributed by atoms with Crippen LogP contribution in [0.15, 0.2) is 4.99 Å². The van der Waals surface area contributed by atoms with Crippen molar-refractivity contribution in [2.75, 3.05) is 39.3 Å². The number of aliphatic imine (C=N–C) groups is 1. The fraction of sp³-hybridized carbons (Fsp3) is 0.710. The van der Waals surface area contributed by atoms with Gasteiger partial charge in [0.1, 0.15) is 24.4 Å². The van der Waals surface area contributed by atoms with Crippen LogP contribution < -0.4 is 43.4 Å². The topological polar surface area (TPSA) is 317 Å². The lowest BCUT2D eigenvalue weighted by Crippen LogP contribution is -2.58. The molecule has 51 heavy (non-hydrogen) atoms. The van der Waals surface area contributed by atoms with Gasteiger partial charge in [-0.05, 0) is 38.5 Å². The third kappa shape index (κ3) is 15.0. The number of guanidine groups is 1. The van der Waals surface area contributed by atoms with Crippen LogP contribution in [0.4, 0.5) is 0 Å². The molecule has 2 heterocycles. The Kier molecular flexibility index (Phi) is 18.5. The van der Waals surface area contributed by atoms with Crippen molar-refractivity contribution >= 4 is 53.5 Å². The van der Waals surface area contributed by atoms with Crippen molar-refractivity contribution in [2.45, 2.75) is 95.0 Å². The molecule has 0 aromatic carbocycles. The number of hydrogen-bond donors (Lipinski definition) is 10. The number of Topliss-reactive ketones (excluding diaryl/α,β-unsaturated/α-hetero) is 1. The van der Waals surface area contributed by atoms with Crippen LogP contribution in [0.1, 0.15) is 64.7 Å². The Morgan fingerprint density at radius 2 is 1.63 bits per heavy atom. The van der Waals surface area contributed by atoms with Crippen molar-refractivity contribution in [3.63, 3.8) is 0 Å². The van der Waals surface area contributed by atoms with Crippen LogP contribution in [0, 0.1) is 5.92 Å². The number of nitrogens with zero attached hydrogens (tertiary/aromatic N) is 2. The predicted octanol–water partition coefficient (Wildman–Crippen LogP) is -4.45. The third-order valence-electron chi connectivity index (χ3n) is 8.53. The van der Waals surface area contributed by atoms with Crippen molar-refractivity contribution in [1.29, 1.82) is 0 Å². The van der Waals surface area contributed by atoms with Crippen LogP contribution in [0.2, 0.25) is 0 Å². The zero-order valence-corrected chi connectivity index (χ0v) is 28.9. The summed E-state index contributed by atoms with van der Waals surface area (Å²) in [6.45, 7) is 0.316. The van der Waals surface area contributed by atoms with Gasteiger partial charge in [-0.25, -0.2) is 0 Å². The van der Waals surface area contributed by atoms with Crippen molar-refractivity contribution < 1.29 is 48.6 Å². The minimum Gasteiger partial charge on any atom is -0.481 e. The van der Waals surface area contributed by atoms with E-state index in [1.807, 2.05) is 0 Å². The normalized spacial score (nSPS) is 26.8. The summed E-state index contributed by atoms with van der Waals surface area (Å²) < 4.78 is 0. The summed E-state index contributed by atoms with van der Waals surface area (Å²) in [6.07, 6.45) is 2.79. The number of hydrogen-bond acceptors (Lipinski definition) is 12. The Bertz CT molecular complexity index is 1280. The predicted molar refractivity (Wildman–Crippen MR) is 181 cm³/mol. The van der Waals surface area contributed by atoms with Crippen molar-refractivity contribution in [3.8, 4) is 0 Å². The minimum absolute atomic E-state index is 0.0141. The molecule has 0 aliphatic carbocycles. The summed E-state index contributed by atoms with van der Waals surface area (Å²) in [7, 11) is 0. The highest BCUT2D eigenvalue weighted by Gasteiger charge is 2.39. The quantitative estimate of drug-likeness (QED) is 0.0440. The highest BCUT2D eigenvalue weighted by molar-refractivity contribution is 5.97. The monoisotopic (exact) mass is 724 g/mol. The Morgan fingerprint density at radius 1 is 0.941 bits per heavy atom. The van der Waals surface area contributed by atoms with E-state index in [9.17, 15) is 48.6 Å². The van der Waals surface area contributed by atoms with Gasteiger partial charge >= 0.3 is 5.97 Å². The Balaban J connectivity index is 2.33. The maximum atomic E-state index is 13.5. The van der Waals surface area contributed by atoms with Gasteiger partial charge < -0.3 is 52.6 Å². The average Bonchev–Trinajstić information content (AvgIpc) is 3.58. The van der Waals surface area contributed by atoms with E-state index in [4.69, 9.17) is 11.5 Å². The molecule has 5 amide bonds. The summed E-state index contributed by atoms with van der Waals surface area (Å²) in [5.41, 5.74) is 10.7. The van der Waals surface area contributed by atoms with E-state index < -0.39 is 91.3 Å². The van der Waals surface area contributed by atoms with Crippen LogP contribution in [-0.4, -0.2) is 138 Å². The van der Waals surface area contributed by atoms with Gasteiger partial charge in [-0.1, -0.05) is 19.8 Å². The molecule has 2 unspecified atom stereocenters. The number of aliphatic hydroxyl groups is 1. The van der Waals surface area contributed by atoms with E-state index in [1.54, 1.807) is 6.92 Å². The van der Waals surface area contributed by atoms with E-state index in [-0.39, 0.29) is 50.8 Å². The molecule has 0 aromatic rings. The summed E-state index contributed by atoms with van der Waals surface area (Å²) in [5, 5.41) is 34.9. The van der Waals surface area contributed by atoms with Crippen molar-refractivity contribution in [3.05, 3.63) is 0 Å². The molecule has 12 N–H and O–H groups in total. The zero-order valence-electron chi connectivity index (χ0n) is 28.9. The molecule has 2 aliphatic heterocycles. The van der Waals surface area contributed by atoms with Crippen LogP contribution in [-0.2, 0) is 38.4 Å². The number of nitrogens with one attached hydrogen (secondary N) is 6. The standard InChI is InChI=1S/C31H52N10O10/c1-18-6-2-3-9-23(34-11-13-42)36-15-24(44)38-19(7-4-10-35-31(32)33)28(49)37-16-25(45)39-20(14-26(46)47)29(50)40-21(17-43)30(51)41-12-5-8-22(41)27(18)48/h13,18-23,34,36,43H,2-12,14-17H2,1H3,(H,37,49)(H,38,44)(H,39,45)(H,40,50)(H,46,47)(H4,32,33,35)/t18?,19-,20-,21-,22-,23?/m0/s1. The number of amides is 5. The highest BCUT2D eigenvalue weighted by Crippen LogP contribution is 2.24. The number of carbonyl (C=O) groups excluding carboxylic acids is 7. The molecular formula is C31H52N10O10.